The first-order chi connectivity index (χ1) is 10.1. The Hall–Kier alpha value is -1.85. The minimum Gasteiger partial charge on any atom is -0.481 e. The van der Waals surface area contributed by atoms with Crippen LogP contribution in [0.1, 0.15) is 44.7 Å². The molecule has 1 fully saturated rings. The van der Waals surface area contributed by atoms with Crippen LogP contribution >= 0.6 is 0 Å². The molecule has 0 amide bonds. The summed E-state index contributed by atoms with van der Waals surface area (Å²) in [4.78, 5) is 20.2. The van der Waals surface area contributed by atoms with E-state index in [-0.39, 0.29) is 0 Å². The Morgan fingerprint density at radius 3 is 2.71 bits per heavy atom. The second-order valence-electron chi connectivity index (χ2n) is 5.60. The maximum absolute atomic E-state index is 11.6. The van der Waals surface area contributed by atoms with Crippen LogP contribution in [0.15, 0.2) is 6.07 Å². The number of aryl methyl sites for hydroxylation is 1. The van der Waals surface area contributed by atoms with Gasteiger partial charge in [0, 0.05) is 18.3 Å². The summed E-state index contributed by atoms with van der Waals surface area (Å²) in [6.07, 6.45) is 4.46. The average Bonchev–Trinajstić information content (AvgIpc) is 2.46. The number of nitrogens with one attached hydrogen (secondary N) is 1. The van der Waals surface area contributed by atoms with Crippen LogP contribution in [0.2, 0.25) is 0 Å². The van der Waals surface area contributed by atoms with Crippen LogP contribution in [0.4, 0.5) is 5.95 Å². The van der Waals surface area contributed by atoms with Crippen LogP contribution in [0.5, 0.6) is 5.88 Å². The summed E-state index contributed by atoms with van der Waals surface area (Å²) < 4.78 is 5.38. The largest absolute Gasteiger partial charge is 0.481 e. The molecule has 0 unspecified atom stereocenters. The van der Waals surface area contributed by atoms with Gasteiger partial charge in [-0.05, 0) is 26.7 Å². The van der Waals surface area contributed by atoms with Crippen LogP contribution in [0.25, 0.3) is 0 Å². The highest BCUT2D eigenvalue weighted by Gasteiger charge is 2.39. The molecule has 0 saturated heterocycles. The number of hydrogen-bond acceptors (Lipinski definition) is 5. The molecular weight excluding hydrogens is 270 g/mol. The third-order valence-electron chi connectivity index (χ3n) is 3.97. The fourth-order valence-corrected chi connectivity index (χ4v) is 2.78. The van der Waals surface area contributed by atoms with Gasteiger partial charge in [-0.3, -0.25) is 4.79 Å². The highest BCUT2D eigenvalue weighted by molar-refractivity contribution is 5.75. The number of anilines is 1. The van der Waals surface area contributed by atoms with Gasteiger partial charge in [0.1, 0.15) is 0 Å². The minimum atomic E-state index is -0.729. The highest BCUT2D eigenvalue weighted by Crippen LogP contribution is 2.36. The first-order valence-electron chi connectivity index (χ1n) is 7.51. The summed E-state index contributed by atoms with van der Waals surface area (Å²) in [7, 11) is 0. The van der Waals surface area contributed by atoms with Crippen molar-refractivity contribution < 1.29 is 14.6 Å². The summed E-state index contributed by atoms with van der Waals surface area (Å²) in [5.74, 6) is 0.220. The number of hydrogen-bond donors (Lipinski definition) is 2. The molecule has 116 valence electrons. The van der Waals surface area contributed by atoms with Gasteiger partial charge in [-0.1, -0.05) is 19.3 Å². The first kappa shape index (κ1) is 15.5. The molecule has 1 aromatic heterocycles. The second kappa shape index (κ2) is 6.74. The van der Waals surface area contributed by atoms with Crippen molar-refractivity contribution in [2.75, 3.05) is 18.5 Å². The fraction of sp³-hybridized carbons (Fsp3) is 0.667. The van der Waals surface area contributed by atoms with Crippen molar-refractivity contribution in [3.05, 3.63) is 11.8 Å². The Balaban J connectivity index is 2.08. The Kier molecular flexibility index (Phi) is 4.98. The van der Waals surface area contributed by atoms with Gasteiger partial charge in [0.05, 0.1) is 12.0 Å². The molecule has 6 nitrogen and oxygen atoms in total. The van der Waals surface area contributed by atoms with E-state index in [0.717, 1.165) is 25.0 Å². The molecule has 0 atom stereocenters. The Morgan fingerprint density at radius 1 is 1.38 bits per heavy atom. The predicted molar refractivity (Wildman–Crippen MR) is 79.6 cm³/mol. The van der Waals surface area contributed by atoms with Crippen LogP contribution in [-0.4, -0.2) is 34.2 Å². The lowest BCUT2D eigenvalue weighted by Crippen LogP contribution is -2.40. The van der Waals surface area contributed by atoms with E-state index in [2.05, 4.69) is 15.3 Å². The van der Waals surface area contributed by atoms with Crippen LogP contribution in [0.3, 0.4) is 0 Å². The zero-order chi connectivity index (χ0) is 15.3. The fourth-order valence-electron chi connectivity index (χ4n) is 2.78. The van der Waals surface area contributed by atoms with Gasteiger partial charge in [-0.25, -0.2) is 4.98 Å². The highest BCUT2D eigenvalue weighted by atomic mass is 16.5. The van der Waals surface area contributed by atoms with Crippen molar-refractivity contribution >= 4 is 11.9 Å². The quantitative estimate of drug-likeness (QED) is 0.838. The third kappa shape index (κ3) is 3.83. The summed E-state index contributed by atoms with van der Waals surface area (Å²) in [6.45, 7) is 4.65. The topological polar surface area (TPSA) is 84.3 Å². The van der Waals surface area contributed by atoms with Crippen LogP contribution < -0.4 is 10.1 Å². The van der Waals surface area contributed by atoms with Crippen molar-refractivity contribution in [1.29, 1.82) is 0 Å². The molecule has 6 heteroatoms. The number of rotatable bonds is 6. The monoisotopic (exact) mass is 293 g/mol. The predicted octanol–water partition coefficient (Wildman–Crippen LogP) is 2.63. The molecule has 0 aromatic carbocycles. The number of carboxylic acid groups (broad SMARTS) is 1. The lowest BCUT2D eigenvalue weighted by molar-refractivity contribution is -0.150. The van der Waals surface area contributed by atoms with E-state index < -0.39 is 11.4 Å². The average molecular weight is 293 g/mol. The molecule has 1 aliphatic carbocycles. The third-order valence-corrected chi connectivity index (χ3v) is 3.97. The molecular formula is C15H23N3O3. The molecule has 0 aliphatic heterocycles. The lowest BCUT2D eigenvalue weighted by atomic mass is 9.74. The normalized spacial score (nSPS) is 17.2. The Labute approximate surface area is 124 Å². The zero-order valence-electron chi connectivity index (χ0n) is 12.7. The maximum atomic E-state index is 11.6. The maximum Gasteiger partial charge on any atom is 0.311 e. The number of aromatic nitrogens is 2. The minimum absolute atomic E-state index is 0.358. The molecule has 21 heavy (non-hydrogen) atoms. The Morgan fingerprint density at radius 2 is 2.10 bits per heavy atom. The SMILES string of the molecule is CCOc1cc(C)nc(NCC2(C(=O)O)CCCCC2)n1. The van der Waals surface area contributed by atoms with E-state index in [9.17, 15) is 9.90 Å². The van der Waals surface area contributed by atoms with Crippen molar-refractivity contribution in [2.45, 2.75) is 46.0 Å². The van der Waals surface area contributed by atoms with E-state index in [0.29, 0.717) is 37.8 Å². The lowest BCUT2D eigenvalue weighted by Gasteiger charge is -2.33. The van der Waals surface area contributed by atoms with Crippen molar-refractivity contribution in [1.82, 2.24) is 9.97 Å². The molecule has 2 rings (SSSR count). The molecule has 1 aliphatic rings. The van der Waals surface area contributed by atoms with Crippen LogP contribution in [0, 0.1) is 12.3 Å². The number of carbonyl (C=O) groups is 1. The standard InChI is InChI=1S/C15H23N3O3/c1-3-21-12-9-11(2)17-14(18-12)16-10-15(13(19)20)7-5-4-6-8-15/h9H,3-8,10H2,1-2H3,(H,19,20)(H,16,17,18). The number of carboxylic acids is 1. The van der Waals surface area contributed by atoms with Gasteiger partial charge < -0.3 is 15.2 Å². The zero-order valence-corrected chi connectivity index (χ0v) is 12.7. The molecule has 0 bridgehead atoms. The summed E-state index contributed by atoms with van der Waals surface area (Å²) in [6, 6.07) is 1.77. The van der Waals surface area contributed by atoms with E-state index >= 15 is 0 Å². The number of nitrogens with zero attached hydrogens (tertiary/aromatic N) is 2. The molecule has 1 saturated carbocycles. The van der Waals surface area contributed by atoms with E-state index in [1.807, 2.05) is 13.8 Å². The van der Waals surface area contributed by atoms with Gasteiger partial charge in [-0.15, -0.1) is 0 Å². The first-order valence-corrected chi connectivity index (χ1v) is 7.51. The van der Waals surface area contributed by atoms with E-state index in [1.165, 1.54) is 0 Å². The van der Waals surface area contributed by atoms with Crippen molar-refractivity contribution in [2.24, 2.45) is 5.41 Å². The molecule has 1 heterocycles. The molecule has 0 spiro atoms. The molecule has 0 radical (unpaired) electrons. The van der Waals surface area contributed by atoms with E-state index in [4.69, 9.17) is 4.74 Å². The smallest absolute Gasteiger partial charge is 0.311 e. The second-order valence-corrected chi connectivity index (χ2v) is 5.60. The number of ether oxygens (including phenoxy) is 1. The van der Waals surface area contributed by atoms with Gasteiger partial charge in [0.25, 0.3) is 0 Å². The van der Waals surface area contributed by atoms with Crippen molar-refractivity contribution in [3.63, 3.8) is 0 Å². The van der Waals surface area contributed by atoms with E-state index in [1.54, 1.807) is 6.07 Å². The number of aliphatic carboxylic acids is 1. The summed E-state index contributed by atoms with van der Waals surface area (Å²) in [5.41, 5.74) is 0.0981. The van der Waals surface area contributed by atoms with Gasteiger partial charge in [-0.2, -0.15) is 4.98 Å². The molecule has 1 aromatic rings. The van der Waals surface area contributed by atoms with Crippen LogP contribution in [-0.2, 0) is 4.79 Å². The van der Waals surface area contributed by atoms with Crippen molar-refractivity contribution in [3.8, 4) is 5.88 Å². The summed E-state index contributed by atoms with van der Waals surface area (Å²) >= 11 is 0. The van der Waals surface area contributed by atoms with Gasteiger partial charge in [0.2, 0.25) is 11.8 Å². The Bertz CT molecular complexity index is 499. The van der Waals surface area contributed by atoms with Gasteiger partial charge in [0.15, 0.2) is 0 Å². The molecule has 2 N–H and O–H groups in total. The van der Waals surface area contributed by atoms with Gasteiger partial charge >= 0.3 is 5.97 Å². The summed E-state index contributed by atoms with van der Waals surface area (Å²) in [5, 5.41) is 12.6.